The van der Waals surface area contributed by atoms with Crippen molar-refractivity contribution in [3.05, 3.63) is 18.1 Å². The average molecular weight is 299 g/mol. The van der Waals surface area contributed by atoms with Gasteiger partial charge in [-0.2, -0.15) is 0 Å². The lowest BCUT2D eigenvalue weighted by atomic mass is 10.0. The Morgan fingerprint density at radius 3 is 2.95 bits per heavy atom. The van der Waals surface area contributed by atoms with Crippen LogP contribution in [0.5, 0.6) is 0 Å². The van der Waals surface area contributed by atoms with E-state index in [0.29, 0.717) is 5.25 Å². The van der Waals surface area contributed by atoms with Crippen molar-refractivity contribution in [3.63, 3.8) is 0 Å². The van der Waals surface area contributed by atoms with E-state index in [9.17, 15) is 0 Å². The SMILES string of the molecule is CCCC#Cc1cc2c(SC3CCCCC3)ncnc2[nH]1. The molecule has 0 saturated heterocycles. The molecule has 1 N–H and O–H groups in total. The molecule has 1 saturated carbocycles. The number of nitrogens with one attached hydrogen (secondary N) is 1. The van der Waals surface area contributed by atoms with Crippen molar-refractivity contribution in [1.82, 2.24) is 15.0 Å². The maximum absolute atomic E-state index is 4.49. The van der Waals surface area contributed by atoms with Crippen LogP contribution in [0.4, 0.5) is 0 Å². The van der Waals surface area contributed by atoms with Crippen molar-refractivity contribution in [1.29, 1.82) is 0 Å². The Hall–Kier alpha value is -1.47. The molecule has 0 bridgehead atoms. The second-order valence-electron chi connectivity index (χ2n) is 5.55. The van der Waals surface area contributed by atoms with Gasteiger partial charge in [0.1, 0.15) is 17.0 Å². The predicted octanol–water partition coefficient (Wildman–Crippen LogP) is 4.53. The minimum Gasteiger partial charge on any atom is -0.333 e. The van der Waals surface area contributed by atoms with Crippen molar-refractivity contribution >= 4 is 22.8 Å². The smallest absolute Gasteiger partial charge is 0.142 e. The van der Waals surface area contributed by atoms with Crippen LogP contribution < -0.4 is 0 Å². The molecule has 0 atom stereocenters. The fraction of sp³-hybridized carbons (Fsp3) is 0.529. The van der Waals surface area contributed by atoms with Crippen LogP contribution in [0, 0.1) is 11.8 Å². The summed E-state index contributed by atoms with van der Waals surface area (Å²) in [4.78, 5) is 12.1. The topological polar surface area (TPSA) is 41.6 Å². The van der Waals surface area contributed by atoms with Crippen LogP contribution in [0.1, 0.15) is 57.6 Å². The van der Waals surface area contributed by atoms with Gasteiger partial charge in [-0.3, -0.25) is 0 Å². The highest BCUT2D eigenvalue weighted by Crippen LogP contribution is 2.35. The molecule has 110 valence electrons. The van der Waals surface area contributed by atoms with E-state index in [4.69, 9.17) is 0 Å². The van der Waals surface area contributed by atoms with E-state index in [1.807, 2.05) is 11.8 Å². The number of rotatable bonds is 3. The lowest BCUT2D eigenvalue weighted by Crippen LogP contribution is -2.08. The molecule has 0 aliphatic heterocycles. The van der Waals surface area contributed by atoms with Crippen LogP contribution in [-0.4, -0.2) is 20.2 Å². The first-order valence-electron chi connectivity index (χ1n) is 7.86. The summed E-state index contributed by atoms with van der Waals surface area (Å²) >= 11 is 1.92. The minimum absolute atomic E-state index is 0.710. The Kier molecular flexibility index (Phi) is 4.82. The fourth-order valence-corrected chi connectivity index (χ4v) is 3.98. The number of hydrogen-bond donors (Lipinski definition) is 1. The number of fused-ring (bicyclic) bond motifs is 1. The minimum atomic E-state index is 0.710. The standard InChI is InChI=1S/C17H21N3S/c1-2-3-5-8-13-11-15-16(20-13)18-12-19-17(15)21-14-9-6-4-7-10-14/h11-12,14H,2-4,6-7,9-10H2,1H3,(H,18,19,20). The number of aromatic nitrogens is 3. The van der Waals surface area contributed by atoms with E-state index < -0.39 is 0 Å². The van der Waals surface area contributed by atoms with Crippen LogP contribution in [0.25, 0.3) is 11.0 Å². The molecule has 2 aromatic rings. The first-order chi connectivity index (χ1) is 10.4. The summed E-state index contributed by atoms with van der Waals surface area (Å²) in [7, 11) is 0. The summed E-state index contributed by atoms with van der Waals surface area (Å²) in [6, 6.07) is 2.10. The average Bonchev–Trinajstić information content (AvgIpc) is 2.93. The van der Waals surface area contributed by atoms with Crippen LogP contribution >= 0.6 is 11.8 Å². The molecule has 4 heteroatoms. The van der Waals surface area contributed by atoms with Gasteiger partial charge in [0.2, 0.25) is 0 Å². The molecule has 2 aromatic heterocycles. The normalized spacial score (nSPS) is 15.9. The largest absolute Gasteiger partial charge is 0.333 e. The maximum atomic E-state index is 4.49. The van der Waals surface area contributed by atoms with Crippen LogP contribution in [0.3, 0.4) is 0 Å². The zero-order chi connectivity index (χ0) is 14.5. The Labute approximate surface area is 130 Å². The van der Waals surface area contributed by atoms with Gasteiger partial charge in [0.25, 0.3) is 0 Å². The van der Waals surface area contributed by atoms with Gasteiger partial charge in [0, 0.05) is 11.7 Å². The van der Waals surface area contributed by atoms with Gasteiger partial charge >= 0.3 is 0 Å². The highest BCUT2D eigenvalue weighted by Gasteiger charge is 2.17. The van der Waals surface area contributed by atoms with E-state index in [1.54, 1.807) is 6.33 Å². The first kappa shape index (κ1) is 14.5. The Bertz CT molecular complexity index is 659. The van der Waals surface area contributed by atoms with Crippen molar-refractivity contribution in [2.75, 3.05) is 0 Å². The molecule has 2 heterocycles. The highest BCUT2D eigenvalue weighted by molar-refractivity contribution is 8.00. The van der Waals surface area contributed by atoms with Gasteiger partial charge in [-0.25, -0.2) is 9.97 Å². The van der Waals surface area contributed by atoms with Gasteiger partial charge in [-0.15, -0.1) is 11.8 Å². The molecule has 21 heavy (non-hydrogen) atoms. The number of hydrogen-bond acceptors (Lipinski definition) is 3. The molecular weight excluding hydrogens is 278 g/mol. The van der Waals surface area contributed by atoms with Crippen LogP contribution in [-0.2, 0) is 0 Å². The molecule has 3 nitrogen and oxygen atoms in total. The summed E-state index contributed by atoms with van der Waals surface area (Å²) in [5.41, 5.74) is 1.86. The third-order valence-electron chi connectivity index (χ3n) is 3.82. The predicted molar refractivity (Wildman–Crippen MR) is 88.4 cm³/mol. The molecule has 0 aromatic carbocycles. The summed E-state index contributed by atoms with van der Waals surface area (Å²) < 4.78 is 0. The van der Waals surface area contributed by atoms with Gasteiger partial charge in [-0.1, -0.05) is 32.1 Å². The molecule has 0 unspecified atom stereocenters. The van der Waals surface area contributed by atoms with E-state index in [0.717, 1.165) is 34.6 Å². The van der Waals surface area contributed by atoms with Gasteiger partial charge in [0.05, 0.1) is 11.1 Å². The highest BCUT2D eigenvalue weighted by atomic mass is 32.2. The Morgan fingerprint density at radius 2 is 2.14 bits per heavy atom. The maximum Gasteiger partial charge on any atom is 0.142 e. The number of thioether (sulfide) groups is 1. The zero-order valence-electron chi connectivity index (χ0n) is 12.5. The van der Waals surface area contributed by atoms with Crippen LogP contribution in [0.15, 0.2) is 17.4 Å². The molecule has 0 amide bonds. The molecule has 3 rings (SSSR count). The number of unbranched alkanes of at least 4 members (excludes halogenated alkanes) is 1. The molecule has 1 aliphatic rings. The van der Waals surface area contributed by atoms with Crippen LogP contribution in [0.2, 0.25) is 0 Å². The zero-order valence-corrected chi connectivity index (χ0v) is 13.3. The fourth-order valence-electron chi connectivity index (χ4n) is 2.70. The molecule has 1 aliphatic carbocycles. The second-order valence-corrected chi connectivity index (χ2v) is 6.84. The molecular formula is C17H21N3S. The van der Waals surface area contributed by atoms with Gasteiger partial charge in [0.15, 0.2) is 0 Å². The third-order valence-corrected chi connectivity index (χ3v) is 5.17. The quantitative estimate of drug-likeness (QED) is 0.668. The van der Waals surface area contributed by atoms with E-state index in [1.165, 1.54) is 32.1 Å². The number of H-pyrrole nitrogens is 1. The van der Waals surface area contributed by atoms with E-state index in [-0.39, 0.29) is 0 Å². The first-order valence-corrected chi connectivity index (χ1v) is 8.74. The lowest BCUT2D eigenvalue weighted by molar-refractivity contribution is 0.516. The number of nitrogens with zero attached hydrogens (tertiary/aromatic N) is 2. The number of aromatic amines is 1. The summed E-state index contributed by atoms with van der Waals surface area (Å²) in [6.07, 6.45) is 10.4. The van der Waals surface area contributed by atoms with Crippen molar-refractivity contribution in [2.45, 2.75) is 62.1 Å². The molecule has 0 spiro atoms. The second kappa shape index (κ2) is 7.00. The summed E-state index contributed by atoms with van der Waals surface area (Å²) in [6.45, 7) is 2.14. The molecule has 0 radical (unpaired) electrons. The molecule has 1 fully saturated rings. The van der Waals surface area contributed by atoms with Crippen molar-refractivity contribution < 1.29 is 0 Å². The van der Waals surface area contributed by atoms with E-state index in [2.05, 4.69) is 39.8 Å². The Morgan fingerprint density at radius 1 is 1.29 bits per heavy atom. The summed E-state index contributed by atoms with van der Waals surface area (Å²) in [5, 5.41) is 2.93. The monoisotopic (exact) mass is 299 g/mol. The van der Waals surface area contributed by atoms with Crippen molar-refractivity contribution in [2.24, 2.45) is 0 Å². The van der Waals surface area contributed by atoms with Gasteiger partial charge in [-0.05, 0) is 31.2 Å². The van der Waals surface area contributed by atoms with E-state index >= 15 is 0 Å². The summed E-state index contributed by atoms with van der Waals surface area (Å²) in [5.74, 6) is 6.36. The lowest BCUT2D eigenvalue weighted by Gasteiger charge is -2.20. The third kappa shape index (κ3) is 3.59. The van der Waals surface area contributed by atoms with Crippen molar-refractivity contribution in [3.8, 4) is 11.8 Å². The van der Waals surface area contributed by atoms with Gasteiger partial charge < -0.3 is 4.98 Å². The Balaban J connectivity index is 1.83.